The first kappa shape index (κ1) is 43.7. The molecule has 3 heteroatoms. The van der Waals surface area contributed by atoms with Gasteiger partial charge in [-0.25, -0.2) is 12.2 Å². The SMILES string of the molecule is CC(C)(C)c1ccc2c(c1)[cH-]c1cc(C(C)(C)C)ccc12.CCCCc1ccc([C](=[Hf+2])c2ccc(CCCC)cc2)cc1.[C-]1=CC=CC1.[Cl-].[Cl-]. The van der Waals surface area contributed by atoms with Gasteiger partial charge in [-0.05, 0) is 10.8 Å². The van der Waals surface area contributed by atoms with Crippen LogP contribution < -0.4 is 24.8 Å². The van der Waals surface area contributed by atoms with Gasteiger partial charge in [0.05, 0.1) is 0 Å². The van der Waals surface area contributed by atoms with Gasteiger partial charge in [-0.2, -0.15) is 6.08 Å². The van der Waals surface area contributed by atoms with Gasteiger partial charge in [0, 0.05) is 0 Å². The number of hydrogen-bond donors (Lipinski definition) is 0. The molecule has 0 fully saturated rings. The molecule has 0 amide bonds. The van der Waals surface area contributed by atoms with E-state index in [1.807, 2.05) is 12.2 Å². The van der Waals surface area contributed by atoms with Gasteiger partial charge in [0.15, 0.2) is 0 Å². The Morgan fingerprint density at radius 1 is 0.640 bits per heavy atom. The van der Waals surface area contributed by atoms with Crippen LogP contribution in [0.2, 0.25) is 0 Å². The van der Waals surface area contributed by atoms with Crippen LogP contribution in [0.5, 0.6) is 0 Å². The quantitative estimate of drug-likeness (QED) is 0.115. The Balaban J connectivity index is 0.000000293. The first-order valence-electron chi connectivity index (χ1n) is 18.0. The molecular weight excluding hydrogens is 814 g/mol. The molecule has 0 aliphatic heterocycles. The van der Waals surface area contributed by atoms with Crippen molar-refractivity contribution >= 4 is 24.8 Å². The fraction of sp³-hybridized carbons (Fsp3) is 0.362. The van der Waals surface area contributed by atoms with Crippen LogP contribution >= 0.6 is 0 Å². The van der Waals surface area contributed by atoms with Gasteiger partial charge in [0.2, 0.25) is 0 Å². The number of benzene rings is 4. The van der Waals surface area contributed by atoms with Gasteiger partial charge in [-0.1, -0.05) is 76.9 Å². The minimum absolute atomic E-state index is 0. The summed E-state index contributed by atoms with van der Waals surface area (Å²) in [6.45, 7) is 18.1. The molecule has 0 saturated carbocycles. The fourth-order valence-electron chi connectivity index (χ4n) is 5.90. The molecule has 0 atom stereocenters. The fourth-order valence-corrected chi connectivity index (χ4v) is 7.10. The maximum atomic E-state index is 2.99. The molecule has 0 heterocycles. The Labute approximate surface area is 331 Å². The zero-order chi connectivity index (χ0) is 34.7. The average Bonchev–Trinajstić information content (AvgIpc) is 3.78. The molecule has 0 spiro atoms. The Bertz CT molecular complexity index is 1690. The van der Waals surface area contributed by atoms with Gasteiger partial charge in [0.25, 0.3) is 0 Å². The van der Waals surface area contributed by atoms with Gasteiger partial charge >= 0.3 is 150 Å². The summed E-state index contributed by atoms with van der Waals surface area (Å²) in [5.74, 6) is 0. The van der Waals surface area contributed by atoms with E-state index < -0.39 is 0 Å². The van der Waals surface area contributed by atoms with Crippen molar-refractivity contribution in [2.75, 3.05) is 0 Å². The second-order valence-corrected chi connectivity index (χ2v) is 17.0. The second-order valence-electron chi connectivity index (χ2n) is 15.2. The summed E-state index contributed by atoms with van der Waals surface area (Å²) in [5, 5.41) is 5.48. The number of hydrogen-bond acceptors (Lipinski definition) is 0. The normalized spacial score (nSPS) is 12.0. The molecule has 1 aliphatic rings. The minimum atomic E-state index is 0. The van der Waals surface area contributed by atoms with Gasteiger partial charge in [0.1, 0.15) is 0 Å². The molecule has 5 aromatic rings. The van der Waals surface area contributed by atoms with E-state index >= 15 is 0 Å². The van der Waals surface area contributed by atoms with E-state index in [1.165, 1.54) is 96.7 Å². The number of aryl methyl sites for hydroxylation is 2. The smallest absolute Gasteiger partial charge is 0.109 e. The monoisotopic (exact) mass is 870 g/mol. The van der Waals surface area contributed by atoms with Crippen molar-refractivity contribution < 1.29 is 48.7 Å². The van der Waals surface area contributed by atoms with Crippen LogP contribution in [0.25, 0.3) is 21.5 Å². The van der Waals surface area contributed by atoms with E-state index in [0.29, 0.717) is 0 Å². The molecule has 6 rings (SSSR count). The standard InChI is InChI=1S/C21H25.C21H26.C5H5.2ClH.Hf/c1-20(2,3)16-7-9-18-14(12-16)11-15-13-17(21(4,5)6)8-10-19(15)18;1-3-5-7-18-9-13-20(14-10-18)17-21-15-11-19(12-16-21)8-6-4-2;1-2-4-5-3-1;;;/h7-13H,1-6H3;9-16H,3-8H2,1-2H3;1-3H,4H2;2*1H;/q-1;;-1;;;+2/p-2. The van der Waals surface area contributed by atoms with Crippen LogP contribution in [-0.2, 0) is 47.6 Å². The number of rotatable bonds is 8. The molecule has 264 valence electrons. The summed E-state index contributed by atoms with van der Waals surface area (Å²) in [5.41, 5.74) is 8.94. The predicted octanol–water partition coefficient (Wildman–Crippen LogP) is 7.11. The van der Waals surface area contributed by atoms with Crippen molar-refractivity contribution in [3.05, 3.63) is 149 Å². The van der Waals surface area contributed by atoms with E-state index in [9.17, 15) is 0 Å². The summed E-state index contributed by atoms with van der Waals surface area (Å²) in [7, 11) is 0. The maximum absolute atomic E-state index is 2.99. The molecule has 1 aliphatic carbocycles. The molecule has 0 bridgehead atoms. The number of fused-ring (bicyclic) bond motifs is 3. The van der Waals surface area contributed by atoms with Crippen LogP contribution in [0.3, 0.4) is 0 Å². The molecule has 0 unspecified atom stereocenters. The van der Waals surface area contributed by atoms with Crippen molar-refractivity contribution in [2.24, 2.45) is 0 Å². The minimum Gasteiger partial charge on any atom is -1.00 e. The summed E-state index contributed by atoms with van der Waals surface area (Å²) in [6.07, 6.45) is 17.5. The third-order valence-electron chi connectivity index (χ3n) is 9.15. The third kappa shape index (κ3) is 12.6. The molecule has 0 nitrogen and oxygen atoms in total. The van der Waals surface area contributed by atoms with Crippen molar-refractivity contribution in [2.45, 2.75) is 111 Å². The van der Waals surface area contributed by atoms with Crippen LogP contribution in [0, 0.1) is 6.08 Å². The Hall–Kier alpha value is -2.45. The van der Waals surface area contributed by atoms with Gasteiger partial charge in [-0.3, -0.25) is 6.08 Å². The van der Waals surface area contributed by atoms with Gasteiger partial charge in [-0.15, -0.1) is 46.2 Å². The van der Waals surface area contributed by atoms with E-state index in [4.69, 9.17) is 0 Å². The number of unbranched alkanes of at least 4 members (excludes halogenated alkanes) is 2. The van der Waals surface area contributed by atoms with Crippen LogP contribution in [0.4, 0.5) is 0 Å². The van der Waals surface area contributed by atoms with E-state index in [0.717, 1.165) is 30.3 Å². The molecule has 0 aromatic heterocycles. The average molecular weight is 870 g/mol. The van der Waals surface area contributed by atoms with Crippen LogP contribution in [-0.4, -0.2) is 3.26 Å². The van der Waals surface area contributed by atoms with Crippen molar-refractivity contribution in [1.82, 2.24) is 0 Å². The molecular formula is C47H56Cl2Hf-2. The Morgan fingerprint density at radius 2 is 1.06 bits per heavy atom. The zero-order valence-corrected chi connectivity index (χ0v) is 36.7. The van der Waals surface area contributed by atoms with Gasteiger partial charge < -0.3 is 24.8 Å². The summed E-state index contributed by atoms with van der Waals surface area (Å²) < 4.78 is 1.50. The summed E-state index contributed by atoms with van der Waals surface area (Å²) >= 11 is 1.08. The molecule has 0 radical (unpaired) electrons. The first-order valence-corrected chi connectivity index (χ1v) is 19.8. The first-order chi connectivity index (χ1) is 22.9. The van der Waals surface area contributed by atoms with Crippen molar-refractivity contribution in [1.29, 1.82) is 0 Å². The molecule has 50 heavy (non-hydrogen) atoms. The van der Waals surface area contributed by atoms with Crippen LogP contribution in [0.15, 0.2) is 109 Å². The van der Waals surface area contributed by atoms with E-state index in [2.05, 4.69) is 159 Å². The van der Waals surface area contributed by atoms with Crippen molar-refractivity contribution in [3.63, 3.8) is 0 Å². The van der Waals surface area contributed by atoms with Crippen LogP contribution in [0.1, 0.15) is 121 Å². The second kappa shape index (κ2) is 20.6. The molecule has 0 saturated heterocycles. The predicted molar refractivity (Wildman–Crippen MR) is 209 cm³/mol. The largest absolute Gasteiger partial charge is 1.00 e. The zero-order valence-electron chi connectivity index (χ0n) is 31.6. The van der Waals surface area contributed by atoms with E-state index in [1.54, 1.807) is 0 Å². The maximum Gasteiger partial charge on any atom is -0.109 e. The third-order valence-corrected chi connectivity index (χ3v) is 11.2. The molecule has 5 aromatic carbocycles. The van der Waals surface area contributed by atoms with Crippen molar-refractivity contribution in [3.8, 4) is 0 Å². The topological polar surface area (TPSA) is 0 Å². The van der Waals surface area contributed by atoms with E-state index in [-0.39, 0.29) is 35.6 Å². The Kier molecular flexibility index (Phi) is 18.0. The summed E-state index contributed by atoms with van der Waals surface area (Å²) in [4.78, 5) is 0. The molecule has 0 N–H and O–H groups in total. The Morgan fingerprint density at radius 3 is 1.36 bits per heavy atom. The summed E-state index contributed by atoms with van der Waals surface area (Å²) in [6, 6.07) is 34.6. The number of allylic oxidation sites excluding steroid dienone is 4. The number of halogens is 2.